The summed E-state index contributed by atoms with van der Waals surface area (Å²) in [6.07, 6.45) is 10.9. The minimum Gasteiger partial charge on any atom is -0.509 e. The van der Waals surface area contributed by atoms with Crippen molar-refractivity contribution < 1.29 is 25.8 Å². The molecular formula is C62H57BN5OPt-3. The zero-order chi connectivity index (χ0) is 47.8. The van der Waals surface area contributed by atoms with Crippen LogP contribution in [0, 0.1) is 18.8 Å². The number of hydrogen-bond donors (Lipinski definition) is 0. The number of ether oxygens (including phenoxy) is 1. The van der Waals surface area contributed by atoms with Gasteiger partial charge in [0.05, 0.1) is 0 Å². The Morgan fingerprint density at radius 2 is 1.23 bits per heavy atom. The number of hydrogen-bond acceptors (Lipinski definition) is 5. The Balaban J connectivity index is 0.00000567. The Morgan fingerprint density at radius 3 is 1.96 bits per heavy atom. The van der Waals surface area contributed by atoms with Gasteiger partial charge in [0.2, 0.25) is 0 Å². The number of fused-ring (bicyclic) bond motifs is 5. The molecule has 6 aromatic carbocycles. The Labute approximate surface area is 428 Å². The van der Waals surface area contributed by atoms with Crippen molar-refractivity contribution in [1.82, 2.24) is 14.4 Å². The molecule has 0 saturated carbocycles. The molecule has 3 aliphatic heterocycles. The molecule has 0 aliphatic carbocycles. The molecular weight excluding hydrogens is 1040 g/mol. The standard InChI is InChI=1S/C62H57BN5O.Pt/c1-60(2,3)45-28-31-64-58(37-45)68-54-23-14-13-22-52(54)53-27-26-50(39-57(53)68)69-49-21-17-20-48(38-49)66-41-67(56-25-16-15-24-55(56)66)59-51(44-34-46(61(4,5)6)36-47(35-44)62(7,8)9)30-33-65-32-29-43(40-63(59)65)42-18-11-10-12-19-42;/h10-37,40-41H,1-9H3;/q-3;. The van der Waals surface area contributed by atoms with Gasteiger partial charge in [-0.15, -0.1) is 48.1 Å². The van der Waals surface area contributed by atoms with E-state index in [1.54, 1.807) is 0 Å². The molecule has 6 nitrogen and oxygen atoms in total. The summed E-state index contributed by atoms with van der Waals surface area (Å²) in [4.78, 5) is 11.8. The van der Waals surface area contributed by atoms with Crippen molar-refractivity contribution in [1.29, 1.82) is 0 Å². The molecule has 0 fully saturated rings. The van der Waals surface area contributed by atoms with Crippen LogP contribution in [0.2, 0.25) is 0 Å². The van der Waals surface area contributed by atoms with E-state index in [1.807, 2.05) is 24.4 Å². The van der Waals surface area contributed by atoms with Crippen molar-refractivity contribution in [3.8, 4) is 17.3 Å². The average molecular weight is 1090 g/mol. The normalized spacial score (nSPS) is 14.8. The van der Waals surface area contributed by atoms with Gasteiger partial charge in [0, 0.05) is 55.7 Å². The summed E-state index contributed by atoms with van der Waals surface area (Å²) in [7, 11) is 0. The molecule has 70 heavy (non-hydrogen) atoms. The van der Waals surface area contributed by atoms with Crippen molar-refractivity contribution >= 4 is 56.9 Å². The zero-order valence-electron chi connectivity index (χ0n) is 41.4. The Hall–Kier alpha value is -6.82. The van der Waals surface area contributed by atoms with E-state index in [1.165, 1.54) is 44.6 Å². The first-order chi connectivity index (χ1) is 33.1. The van der Waals surface area contributed by atoms with Crippen molar-refractivity contribution in [2.45, 2.75) is 78.6 Å². The summed E-state index contributed by atoms with van der Waals surface area (Å²) in [6, 6.07) is 56.9. The largest absolute Gasteiger partial charge is 0.509 e. The maximum Gasteiger partial charge on any atom is 0.335 e. The van der Waals surface area contributed by atoms with E-state index >= 15 is 0 Å². The second-order valence-electron chi connectivity index (χ2n) is 21.5. The van der Waals surface area contributed by atoms with Crippen molar-refractivity contribution in [3.63, 3.8) is 0 Å². The van der Waals surface area contributed by atoms with E-state index in [9.17, 15) is 0 Å². The summed E-state index contributed by atoms with van der Waals surface area (Å²) in [5, 5.41) is 2.23. The summed E-state index contributed by atoms with van der Waals surface area (Å²) in [5.74, 6) is 4.46. The van der Waals surface area contributed by atoms with Crippen LogP contribution in [0.1, 0.15) is 90.1 Å². The minimum atomic E-state index is -0.100. The van der Waals surface area contributed by atoms with Crippen LogP contribution in [0.25, 0.3) is 38.8 Å². The van der Waals surface area contributed by atoms with E-state index < -0.39 is 0 Å². The summed E-state index contributed by atoms with van der Waals surface area (Å²) < 4.78 is 8.92. The van der Waals surface area contributed by atoms with Crippen LogP contribution >= 0.6 is 0 Å². The zero-order valence-corrected chi connectivity index (χ0v) is 43.6. The molecule has 8 heteroatoms. The number of para-hydroxylation sites is 3. The summed E-state index contributed by atoms with van der Waals surface area (Å²) in [6.45, 7) is 22.7. The molecule has 8 aromatic rings. The number of nitrogens with zero attached hydrogens (tertiary/aromatic N) is 5. The molecule has 0 atom stereocenters. The second kappa shape index (κ2) is 17.9. The Bertz CT molecular complexity index is 3400. The van der Waals surface area contributed by atoms with Crippen molar-refractivity contribution in [2.24, 2.45) is 0 Å². The van der Waals surface area contributed by atoms with Gasteiger partial charge in [0.1, 0.15) is 5.82 Å². The molecule has 0 spiro atoms. The molecule has 0 bridgehead atoms. The fourth-order valence-electron chi connectivity index (χ4n) is 9.76. The smallest absolute Gasteiger partial charge is 0.335 e. The van der Waals surface area contributed by atoms with Crippen LogP contribution in [0.3, 0.4) is 0 Å². The van der Waals surface area contributed by atoms with Crippen molar-refractivity contribution in [2.75, 3.05) is 9.80 Å². The van der Waals surface area contributed by atoms with Gasteiger partial charge in [-0.05, 0) is 121 Å². The Morgan fingerprint density at radius 1 is 0.571 bits per heavy atom. The molecule has 3 aliphatic rings. The third-order valence-electron chi connectivity index (χ3n) is 13.7. The third kappa shape index (κ3) is 8.64. The van der Waals surface area contributed by atoms with E-state index in [0.29, 0.717) is 11.5 Å². The number of rotatable bonds is 7. The number of benzene rings is 6. The van der Waals surface area contributed by atoms with Gasteiger partial charge in [-0.1, -0.05) is 153 Å². The second-order valence-corrected chi connectivity index (χ2v) is 21.5. The molecule has 2 aromatic heterocycles. The number of aromatic nitrogens is 2. The Kier molecular flexibility index (Phi) is 12.0. The number of allylic oxidation sites excluding steroid dienone is 4. The van der Waals surface area contributed by atoms with Crippen LogP contribution in [-0.2, 0) is 37.3 Å². The first-order valence-corrected chi connectivity index (χ1v) is 24.1. The minimum absolute atomic E-state index is 0. The predicted molar refractivity (Wildman–Crippen MR) is 288 cm³/mol. The number of anilines is 3. The van der Waals surface area contributed by atoms with Gasteiger partial charge in [0.15, 0.2) is 0 Å². The van der Waals surface area contributed by atoms with Gasteiger partial charge < -0.3 is 23.9 Å². The fourth-order valence-corrected chi connectivity index (χ4v) is 9.76. The third-order valence-corrected chi connectivity index (χ3v) is 13.7. The van der Waals surface area contributed by atoms with Gasteiger partial charge in [0.25, 0.3) is 0 Å². The number of pyridine rings is 1. The van der Waals surface area contributed by atoms with Crippen LogP contribution in [-0.4, -0.2) is 21.2 Å². The van der Waals surface area contributed by atoms with E-state index in [-0.39, 0.29) is 44.2 Å². The topological polar surface area (TPSA) is 36.8 Å². The molecule has 5 heterocycles. The molecule has 0 saturated heterocycles. The quantitative estimate of drug-likeness (QED) is 0.117. The monoisotopic (exact) mass is 1090 g/mol. The van der Waals surface area contributed by atoms with E-state index in [2.05, 4.69) is 252 Å². The van der Waals surface area contributed by atoms with Crippen LogP contribution in [0.4, 0.5) is 17.1 Å². The first-order valence-electron chi connectivity index (χ1n) is 24.1. The first kappa shape index (κ1) is 46.9. The average Bonchev–Trinajstić information content (AvgIpc) is 3.89. The predicted octanol–water partition coefficient (Wildman–Crippen LogP) is 15.5. The fraction of sp³-hybridized carbons (Fsp3) is 0.194. The maximum absolute atomic E-state index is 6.72. The molecule has 0 amide bonds. The van der Waals surface area contributed by atoms with Gasteiger partial charge in [-0.25, -0.2) is 4.98 Å². The maximum atomic E-state index is 6.72. The summed E-state index contributed by atoms with van der Waals surface area (Å²) in [5.41, 5.74) is 14.7. The van der Waals surface area contributed by atoms with E-state index in [0.717, 1.165) is 44.7 Å². The van der Waals surface area contributed by atoms with Crippen molar-refractivity contribution in [3.05, 3.63) is 228 Å². The molecule has 11 rings (SSSR count). The molecule has 0 N–H and O–H groups in total. The van der Waals surface area contributed by atoms with E-state index in [4.69, 9.17) is 9.72 Å². The SMILES string of the molecule is CC(C)(C)c1cc(C2=C(N3[CH-]N(c4[c-]c(Oc5[c-]c6c(cc5)c5ccccc5n6-c5cc(C(C)(C)C)ccn5)ccc4)c4ccccc43)B3C=C(c4ccccc4)C=CN3C=C2)cc(C(C)(C)C)c1.[Pt]. The van der Waals surface area contributed by atoms with Gasteiger partial charge in [-0.2, -0.15) is 12.1 Å². The van der Waals surface area contributed by atoms with Crippen LogP contribution < -0.4 is 14.5 Å². The van der Waals surface area contributed by atoms with Crippen LogP contribution in [0.5, 0.6) is 11.5 Å². The van der Waals surface area contributed by atoms with Gasteiger partial charge in [-0.3, -0.25) is 0 Å². The van der Waals surface area contributed by atoms with Gasteiger partial charge >= 0.3 is 6.85 Å². The molecule has 0 radical (unpaired) electrons. The van der Waals surface area contributed by atoms with Crippen LogP contribution in [0.15, 0.2) is 182 Å². The molecule has 0 unspecified atom stereocenters. The molecule has 352 valence electrons. The summed E-state index contributed by atoms with van der Waals surface area (Å²) >= 11 is 0.